The summed E-state index contributed by atoms with van der Waals surface area (Å²) in [6.45, 7) is 13.1. The van der Waals surface area contributed by atoms with Crippen molar-refractivity contribution in [3.8, 4) is 23.7 Å². The lowest BCUT2D eigenvalue weighted by atomic mass is 9.57. The van der Waals surface area contributed by atoms with Crippen molar-refractivity contribution in [1.82, 2.24) is 0 Å². The van der Waals surface area contributed by atoms with E-state index in [1.165, 1.54) is 12.8 Å². The Morgan fingerprint density at radius 2 is 1.04 bits per heavy atom. The molecule has 8 nitrogen and oxygen atoms in total. The second kappa shape index (κ2) is 11.3. The topological polar surface area (TPSA) is 73.8 Å². The third-order valence-electron chi connectivity index (χ3n) is 13.9. The lowest BCUT2D eigenvalue weighted by Gasteiger charge is -2.59. The van der Waals surface area contributed by atoms with Gasteiger partial charge in [0.05, 0.1) is 0 Å². The van der Waals surface area contributed by atoms with Crippen LogP contribution in [-0.4, -0.2) is 47.6 Å². The fraction of sp³-hybridized carbons (Fsp3) is 0.750. The molecule has 48 heavy (non-hydrogen) atoms. The zero-order chi connectivity index (χ0) is 33.1. The first-order valence-corrected chi connectivity index (χ1v) is 18.6. The van der Waals surface area contributed by atoms with Crippen LogP contribution in [0.2, 0.25) is 0 Å². The molecule has 2 unspecified atom stereocenters. The van der Waals surface area contributed by atoms with E-state index in [4.69, 9.17) is 38.5 Å². The van der Waals surface area contributed by atoms with E-state index in [2.05, 4.69) is 57.4 Å². The lowest BCUT2D eigenvalue weighted by Crippen LogP contribution is -2.70. The van der Waals surface area contributed by atoms with Crippen LogP contribution in [0, 0.1) is 71.0 Å². The molecule has 0 radical (unpaired) electrons. The molecule has 2 spiro atoms. The summed E-state index contributed by atoms with van der Waals surface area (Å²) >= 11 is 0. The largest absolute Gasteiger partial charge is 0.333 e. The molecule has 0 aromatic heterocycles. The number of ether oxygens (including phenoxy) is 4. The van der Waals surface area contributed by atoms with Gasteiger partial charge in [0, 0.05) is 35.8 Å². The Kier molecular flexibility index (Phi) is 7.50. The fourth-order valence-corrected chi connectivity index (χ4v) is 11.1. The minimum Gasteiger partial charge on any atom is -0.333 e. The molecule has 258 valence electrons. The molecule has 10 aliphatic rings. The number of hydrogen-bond acceptors (Lipinski definition) is 8. The van der Waals surface area contributed by atoms with Crippen LogP contribution in [0.5, 0.6) is 0 Å². The summed E-state index contributed by atoms with van der Waals surface area (Å²) in [5.74, 6) is 14.8. The molecular weight excluding hydrogens is 608 g/mol. The van der Waals surface area contributed by atoms with Crippen molar-refractivity contribution in [3.63, 3.8) is 0 Å². The molecule has 16 atom stereocenters. The van der Waals surface area contributed by atoms with Gasteiger partial charge in [-0.05, 0) is 106 Å². The molecule has 10 fully saturated rings. The van der Waals surface area contributed by atoms with E-state index in [0.29, 0.717) is 23.7 Å². The zero-order valence-electron chi connectivity index (χ0n) is 29.2. The van der Waals surface area contributed by atoms with Crippen molar-refractivity contribution in [3.05, 3.63) is 35.4 Å². The second-order valence-corrected chi connectivity index (χ2v) is 16.8. The highest BCUT2D eigenvalue weighted by atomic mass is 17.3. The summed E-state index contributed by atoms with van der Waals surface area (Å²) in [6.07, 6.45) is 6.58. The number of hydrogen-bond donors (Lipinski definition) is 0. The van der Waals surface area contributed by atoms with Crippen molar-refractivity contribution < 1.29 is 38.5 Å². The fourth-order valence-electron chi connectivity index (χ4n) is 11.1. The highest BCUT2D eigenvalue weighted by Crippen LogP contribution is 2.62. The third kappa shape index (κ3) is 4.67. The Labute approximate surface area is 285 Å². The second-order valence-electron chi connectivity index (χ2n) is 16.8. The Balaban J connectivity index is 0.950. The Bertz CT molecular complexity index is 1460. The average Bonchev–Trinajstić information content (AvgIpc) is 3.45. The molecule has 2 aliphatic carbocycles. The molecular formula is C40H50O8. The van der Waals surface area contributed by atoms with Crippen LogP contribution in [0.3, 0.4) is 0 Å². The summed E-state index contributed by atoms with van der Waals surface area (Å²) in [4.78, 5) is 24.6. The monoisotopic (exact) mass is 658 g/mol. The Hall–Kier alpha value is -1.98. The van der Waals surface area contributed by atoms with Crippen molar-refractivity contribution in [2.24, 2.45) is 47.3 Å². The van der Waals surface area contributed by atoms with Crippen LogP contribution >= 0.6 is 0 Å². The van der Waals surface area contributed by atoms with Gasteiger partial charge < -0.3 is 18.9 Å². The van der Waals surface area contributed by atoms with Crippen molar-refractivity contribution in [1.29, 1.82) is 0 Å². The van der Waals surface area contributed by atoms with Gasteiger partial charge in [0.1, 0.15) is 12.2 Å². The third-order valence-corrected chi connectivity index (χ3v) is 13.9. The highest BCUT2D eigenvalue weighted by molar-refractivity contribution is 5.44. The van der Waals surface area contributed by atoms with Crippen molar-refractivity contribution in [2.45, 2.75) is 140 Å². The van der Waals surface area contributed by atoms with Gasteiger partial charge in [-0.3, -0.25) is 0 Å². The highest BCUT2D eigenvalue weighted by Gasteiger charge is 2.70. The van der Waals surface area contributed by atoms with Gasteiger partial charge in [-0.1, -0.05) is 57.4 Å². The van der Waals surface area contributed by atoms with Crippen LogP contribution < -0.4 is 0 Å². The van der Waals surface area contributed by atoms with Gasteiger partial charge in [0.2, 0.25) is 11.6 Å². The normalized spacial score (nSPS) is 53.1. The van der Waals surface area contributed by atoms with Gasteiger partial charge in [-0.2, -0.15) is 0 Å². The number of fused-ring (bicyclic) bond motifs is 4. The quantitative estimate of drug-likeness (QED) is 0.221. The molecule has 11 rings (SSSR count). The zero-order valence-corrected chi connectivity index (χ0v) is 29.2. The predicted molar refractivity (Wildman–Crippen MR) is 174 cm³/mol. The van der Waals surface area contributed by atoms with Crippen LogP contribution in [0.1, 0.15) is 104 Å². The number of rotatable bonds is 0. The minimum absolute atomic E-state index is 0.176. The van der Waals surface area contributed by atoms with Gasteiger partial charge in [0.15, 0.2) is 23.8 Å². The standard InChI is InChI=1S/C40H50O8/c1-23-10-14-31-25(3)33(41-35-39(31)29(23)18-20-37(5,43-35)45-47-39)16-12-27-8-7-9-28(22-27)13-17-34-26(4)32-15-11-24(2)30-19-21-38(6)44-36(42-34)40(30,32)48-46-38/h7-9,22-26,29-36H,10-11,14-15,18-21H2,1-6H3/t23-,24-,25-,26-,29+,30+,31+,32+,33?,34?,35-,36-,37-,38-,39-,40-/m1/s1. The molecule has 0 amide bonds. The molecule has 0 N–H and O–H groups in total. The molecule has 8 heteroatoms. The molecule has 1 aromatic carbocycles. The summed E-state index contributed by atoms with van der Waals surface area (Å²) in [7, 11) is 0. The van der Waals surface area contributed by atoms with Gasteiger partial charge >= 0.3 is 0 Å². The molecule has 2 saturated carbocycles. The average molecular weight is 659 g/mol. The number of benzene rings is 1. The van der Waals surface area contributed by atoms with Gasteiger partial charge in [0.25, 0.3) is 0 Å². The van der Waals surface area contributed by atoms with E-state index >= 15 is 0 Å². The van der Waals surface area contributed by atoms with Crippen LogP contribution in [0.25, 0.3) is 0 Å². The molecule has 4 bridgehead atoms. The summed E-state index contributed by atoms with van der Waals surface area (Å²) in [5, 5.41) is 0. The maximum atomic E-state index is 6.69. The van der Waals surface area contributed by atoms with Crippen LogP contribution in [0.4, 0.5) is 0 Å². The lowest BCUT2D eigenvalue weighted by molar-refractivity contribution is -0.569. The Morgan fingerprint density at radius 1 is 0.583 bits per heavy atom. The van der Waals surface area contributed by atoms with E-state index in [0.717, 1.165) is 49.7 Å². The van der Waals surface area contributed by atoms with Crippen molar-refractivity contribution >= 4 is 0 Å². The van der Waals surface area contributed by atoms with Gasteiger partial charge in [-0.15, -0.1) is 0 Å². The molecule has 8 heterocycles. The summed E-state index contributed by atoms with van der Waals surface area (Å²) in [5.41, 5.74) is 0.666. The SMILES string of the molecule is C[C@@H]1CC[C@H]2[C@@H](C)C(C#Cc3cccc(C#CC4O[C@@H]5O[C@@]6(C)CC[C@H]7[C@H](C)CC[C@@H]([C@H]4C)[C@@]57OO6)c3)O[C@@H]3O[C@@]4(C)CC[C@@H]1[C@]32OO4. The van der Waals surface area contributed by atoms with E-state index in [1.54, 1.807) is 0 Å². The molecule has 8 saturated heterocycles. The first-order valence-electron chi connectivity index (χ1n) is 18.6. The van der Waals surface area contributed by atoms with Crippen LogP contribution in [0.15, 0.2) is 24.3 Å². The summed E-state index contributed by atoms with van der Waals surface area (Å²) < 4.78 is 26.4. The molecule has 8 aliphatic heterocycles. The predicted octanol–water partition coefficient (Wildman–Crippen LogP) is 6.89. The first kappa shape index (κ1) is 32.0. The van der Waals surface area contributed by atoms with Crippen LogP contribution in [-0.2, 0) is 38.5 Å². The van der Waals surface area contributed by atoms with Gasteiger partial charge in [-0.25, -0.2) is 19.6 Å². The first-order chi connectivity index (χ1) is 23.0. The van der Waals surface area contributed by atoms with E-state index in [-0.39, 0.29) is 35.9 Å². The summed E-state index contributed by atoms with van der Waals surface area (Å²) in [6, 6.07) is 8.15. The van der Waals surface area contributed by atoms with E-state index in [1.807, 2.05) is 32.0 Å². The smallest absolute Gasteiger partial charge is 0.201 e. The van der Waals surface area contributed by atoms with E-state index < -0.39 is 35.4 Å². The molecule has 1 aromatic rings. The minimum atomic E-state index is -0.791. The van der Waals surface area contributed by atoms with E-state index in [9.17, 15) is 0 Å². The Morgan fingerprint density at radius 3 is 1.50 bits per heavy atom. The maximum Gasteiger partial charge on any atom is 0.201 e. The maximum absolute atomic E-state index is 6.69. The van der Waals surface area contributed by atoms with Crippen molar-refractivity contribution in [2.75, 3.05) is 0 Å².